The van der Waals surface area contributed by atoms with E-state index in [1.807, 2.05) is 36.4 Å². The standard InChI is InChI=1S/C22H26N2O4S/c1-17(23-21(25)12-11-18-7-4-3-5-8-18)22(26)24-20-10-6-9-19(15-20)16-29(27)14-13-28-2/h3-12,15,17H,13-14,16H2,1-2H3,(H,23,25)(H,24,26)/b12-11+. The van der Waals surface area contributed by atoms with Crippen molar-refractivity contribution in [2.45, 2.75) is 18.7 Å². The Labute approximate surface area is 173 Å². The first-order chi connectivity index (χ1) is 14.0. The fourth-order valence-electron chi connectivity index (χ4n) is 2.49. The molecule has 0 bridgehead atoms. The molecule has 2 aromatic rings. The van der Waals surface area contributed by atoms with Crippen molar-refractivity contribution in [3.8, 4) is 0 Å². The zero-order valence-corrected chi connectivity index (χ0v) is 17.4. The van der Waals surface area contributed by atoms with Crippen LogP contribution in [0.2, 0.25) is 0 Å². The summed E-state index contributed by atoms with van der Waals surface area (Å²) in [5.41, 5.74) is 2.36. The summed E-state index contributed by atoms with van der Waals surface area (Å²) < 4.78 is 16.9. The highest BCUT2D eigenvalue weighted by molar-refractivity contribution is 7.84. The number of hydrogen-bond acceptors (Lipinski definition) is 4. The van der Waals surface area contributed by atoms with Crippen LogP contribution in [0, 0.1) is 0 Å². The van der Waals surface area contributed by atoms with E-state index in [0.717, 1.165) is 11.1 Å². The molecule has 154 valence electrons. The summed E-state index contributed by atoms with van der Waals surface area (Å²) in [6.45, 7) is 2.06. The molecular formula is C22H26N2O4S. The van der Waals surface area contributed by atoms with Gasteiger partial charge in [0.25, 0.3) is 0 Å². The van der Waals surface area contributed by atoms with Gasteiger partial charge in [0, 0.05) is 41.2 Å². The SMILES string of the molecule is COCCS(=O)Cc1cccc(NC(=O)C(C)NC(=O)/C=C/c2ccccc2)c1. The quantitative estimate of drug-likeness (QED) is 0.586. The molecule has 2 aromatic carbocycles. The second kappa shape index (κ2) is 11.9. The number of benzene rings is 2. The van der Waals surface area contributed by atoms with Crippen molar-refractivity contribution >= 4 is 34.4 Å². The van der Waals surface area contributed by atoms with Gasteiger partial charge in [0.15, 0.2) is 0 Å². The minimum absolute atomic E-state index is 0.330. The number of ether oxygens (including phenoxy) is 1. The molecule has 2 amide bonds. The smallest absolute Gasteiger partial charge is 0.246 e. The minimum atomic E-state index is -1.03. The van der Waals surface area contributed by atoms with Crippen molar-refractivity contribution in [3.05, 3.63) is 71.8 Å². The first-order valence-electron chi connectivity index (χ1n) is 9.25. The molecule has 0 spiro atoms. The van der Waals surface area contributed by atoms with Gasteiger partial charge >= 0.3 is 0 Å². The van der Waals surface area contributed by atoms with Crippen LogP contribution in [-0.2, 0) is 30.9 Å². The molecule has 0 aliphatic rings. The minimum Gasteiger partial charge on any atom is -0.384 e. The van der Waals surface area contributed by atoms with E-state index in [1.165, 1.54) is 6.08 Å². The highest BCUT2D eigenvalue weighted by Crippen LogP contribution is 2.13. The van der Waals surface area contributed by atoms with Gasteiger partial charge in [-0.2, -0.15) is 0 Å². The number of carbonyl (C=O) groups excluding carboxylic acids is 2. The van der Waals surface area contributed by atoms with Crippen molar-refractivity contribution in [3.63, 3.8) is 0 Å². The molecule has 29 heavy (non-hydrogen) atoms. The Morgan fingerprint density at radius 1 is 1.14 bits per heavy atom. The molecular weight excluding hydrogens is 388 g/mol. The Hall–Kier alpha value is -2.77. The maximum absolute atomic E-state index is 12.4. The topological polar surface area (TPSA) is 84.5 Å². The number of nitrogens with one attached hydrogen (secondary N) is 2. The molecule has 2 rings (SSSR count). The highest BCUT2D eigenvalue weighted by Gasteiger charge is 2.14. The van der Waals surface area contributed by atoms with Gasteiger partial charge in [-0.25, -0.2) is 0 Å². The molecule has 7 heteroatoms. The van der Waals surface area contributed by atoms with E-state index in [2.05, 4.69) is 10.6 Å². The van der Waals surface area contributed by atoms with Gasteiger partial charge in [-0.05, 0) is 36.3 Å². The van der Waals surface area contributed by atoms with Gasteiger partial charge in [-0.3, -0.25) is 13.8 Å². The molecule has 6 nitrogen and oxygen atoms in total. The highest BCUT2D eigenvalue weighted by atomic mass is 32.2. The molecule has 2 N–H and O–H groups in total. The second-order valence-corrected chi connectivity index (χ2v) is 8.02. The average molecular weight is 415 g/mol. The second-order valence-electron chi connectivity index (χ2n) is 6.45. The summed E-state index contributed by atoms with van der Waals surface area (Å²) in [6, 6.07) is 15.9. The van der Waals surface area contributed by atoms with E-state index in [4.69, 9.17) is 4.74 Å². The van der Waals surface area contributed by atoms with Crippen molar-refractivity contribution in [1.82, 2.24) is 5.32 Å². The number of rotatable bonds is 10. The summed E-state index contributed by atoms with van der Waals surface area (Å²) in [4.78, 5) is 24.4. The monoisotopic (exact) mass is 414 g/mol. The van der Waals surface area contributed by atoms with Gasteiger partial charge in [0.05, 0.1) is 6.61 Å². The number of methoxy groups -OCH3 is 1. The van der Waals surface area contributed by atoms with Crippen LogP contribution in [0.4, 0.5) is 5.69 Å². The molecule has 0 fully saturated rings. The predicted octanol–water partition coefficient (Wildman–Crippen LogP) is 2.74. The maximum atomic E-state index is 12.4. The van der Waals surface area contributed by atoms with Gasteiger partial charge in [-0.1, -0.05) is 42.5 Å². The molecule has 0 aliphatic heterocycles. The third-order valence-corrected chi connectivity index (χ3v) is 5.29. The average Bonchev–Trinajstić information content (AvgIpc) is 2.71. The molecule has 0 saturated carbocycles. The van der Waals surface area contributed by atoms with E-state index in [-0.39, 0.29) is 11.8 Å². The largest absolute Gasteiger partial charge is 0.384 e. The van der Waals surface area contributed by atoms with Gasteiger partial charge in [-0.15, -0.1) is 0 Å². The molecule has 0 saturated heterocycles. The maximum Gasteiger partial charge on any atom is 0.246 e. The lowest BCUT2D eigenvalue weighted by Gasteiger charge is -2.13. The zero-order valence-electron chi connectivity index (χ0n) is 16.6. The lowest BCUT2D eigenvalue weighted by atomic mass is 10.2. The third kappa shape index (κ3) is 8.41. The van der Waals surface area contributed by atoms with E-state index in [0.29, 0.717) is 23.8 Å². The number of amides is 2. The molecule has 2 atom stereocenters. The summed E-state index contributed by atoms with van der Waals surface area (Å²) in [6.07, 6.45) is 3.09. The Morgan fingerprint density at radius 3 is 2.62 bits per heavy atom. The van der Waals surface area contributed by atoms with Crippen molar-refractivity contribution < 1.29 is 18.5 Å². The lowest BCUT2D eigenvalue weighted by Crippen LogP contribution is -2.40. The zero-order chi connectivity index (χ0) is 21.1. The Morgan fingerprint density at radius 2 is 1.90 bits per heavy atom. The van der Waals surface area contributed by atoms with E-state index in [1.54, 1.807) is 38.3 Å². The van der Waals surface area contributed by atoms with Crippen molar-refractivity contribution in [1.29, 1.82) is 0 Å². The number of anilines is 1. The number of carbonyl (C=O) groups is 2. The number of hydrogen-bond donors (Lipinski definition) is 2. The lowest BCUT2D eigenvalue weighted by molar-refractivity contribution is -0.123. The van der Waals surface area contributed by atoms with Crippen LogP contribution < -0.4 is 10.6 Å². The normalized spacial score (nSPS) is 13.0. The summed E-state index contributed by atoms with van der Waals surface area (Å²) >= 11 is 0. The fourth-order valence-corrected chi connectivity index (χ4v) is 3.54. The van der Waals surface area contributed by atoms with Crippen molar-refractivity contribution in [2.24, 2.45) is 0 Å². The van der Waals surface area contributed by atoms with Crippen molar-refractivity contribution in [2.75, 3.05) is 24.8 Å². The first kappa shape index (κ1) is 22.5. The molecule has 0 heterocycles. The molecule has 0 aromatic heterocycles. The van der Waals surface area contributed by atoms with E-state index in [9.17, 15) is 13.8 Å². The third-order valence-electron chi connectivity index (χ3n) is 4.02. The van der Waals surface area contributed by atoms with Gasteiger partial charge in [0.2, 0.25) is 11.8 Å². The Bertz CT molecular complexity index is 868. The summed E-state index contributed by atoms with van der Waals surface area (Å²) in [7, 11) is 0.545. The molecule has 0 aliphatic carbocycles. The molecule has 0 radical (unpaired) electrons. The van der Waals surface area contributed by atoms with Crippen LogP contribution in [0.25, 0.3) is 6.08 Å². The molecule has 2 unspecified atom stereocenters. The van der Waals surface area contributed by atoms with Crippen LogP contribution in [0.5, 0.6) is 0 Å². The van der Waals surface area contributed by atoms with Crippen LogP contribution in [0.15, 0.2) is 60.7 Å². The van der Waals surface area contributed by atoms with Crippen LogP contribution in [-0.4, -0.2) is 41.5 Å². The summed E-state index contributed by atoms with van der Waals surface area (Å²) in [5, 5.41) is 5.42. The van der Waals surface area contributed by atoms with Gasteiger partial charge in [0.1, 0.15) is 6.04 Å². The van der Waals surface area contributed by atoms with Crippen LogP contribution in [0.3, 0.4) is 0 Å². The Kier molecular flexibility index (Phi) is 9.27. The fraction of sp³-hybridized carbons (Fsp3) is 0.273. The predicted molar refractivity (Wildman–Crippen MR) is 117 cm³/mol. The van der Waals surface area contributed by atoms with Crippen LogP contribution in [0.1, 0.15) is 18.1 Å². The summed E-state index contributed by atoms with van der Waals surface area (Å²) in [5.74, 6) is 0.180. The Balaban J connectivity index is 1.87. The van der Waals surface area contributed by atoms with Gasteiger partial charge < -0.3 is 15.4 Å². The first-order valence-corrected chi connectivity index (χ1v) is 10.7. The van der Waals surface area contributed by atoms with E-state index >= 15 is 0 Å². The van der Waals surface area contributed by atoms with E-state index < -0.39 is 16.8 Å². The van der Waals surface area contributed by atoms with Crippen LogP contribution >= 0.6 is 0 Å².